The van der Waals surface area contributed by atoms with Gasteiger partial charge in [0.2, 0.25) is 5.95 Å². The second-order valence-electron chi connectivity index (χ2n) is 4.00. The van der Waals surface area contributed by atoms with Crippen molar-refractivity contribution in [3.05, 3.63) is 36.5 Å². The molecule has 0 saturated carbocycles. The van der Waals surface area contributed by atoms with Gasteiger partial charge in [0, 0.05) is 19.8 Å². The second-order valence-corrected chi connectivity index (χ2v) is 4.00. The molecule has 0 fully saturated rings. The van der Waals surface area contributed by atoms with Crippen molar-refractivity contribution in [2.24, 2.45) is 0 Å². The predicted octanol–water partition coefficient (Wildman–Crippen LogP) is 2.68. The number of para-hydroxylation sites is 2. The van der Waals surface area contributed by atoms with Gasteiger partial charge in [-0.25, -0.2) is 4.98 Å². The maximum atomic E-state index is 5.36. The summed E-state index contributed by atoms with van der Waals surface area (Å²) in [5.41, 5.74) is 0.964. The third-order valence-corrected chi connectivity index (χ3v) is 2.77. The molecule has 5 nitrogen and oxygen atoms in total. The van der Waals surface area contributed by atoms with E-state index in [9.17, 15) is 0 Å². The van der Waals surface area contributed by atoms with Crippen LogP contribution < -0.4 is 15.0 Å². The SMILES string of the molecule is CCNc1nccc(N(C)c2ccccc2OC)n1. The van der Waals surface area contributed by atoms with Crippen molar-refractivity contribution in [1.82, 2.24) is 9.97 Å². The standard InChI is InChI=1S/C14H18N4O/c1-4-15-14-16-10-9-13(17-14)18(2)11-7-5-6-8-12(11)19-3/h5-10H,4H2,1-3H3,(H,15,16,17). The number of hydrogen-bond acceptors (Lipinski definition) is 5. The van der Waals surface area contributed by atoms with Crippen molar-refractivity contribution >= 4 is 17.5 Å². The average Bonchev–Trinajstić information content (AvgIpc) is 2.47. The zero-order chi connectivity index (χ0) is 13.7. The third-order valence-electron chi connectivity index (χ3n) is 2.77. The minimum Gasteiger partial charge on any atom is -0.495 e. The topological polar surface area (TPSA) is 50.3 Å². The molecule has 1 aromatic heterocycles. The molecule has 2 aromatic rings. The van der Waals surface area contributed by atoms with Crippen LogP contribution in [0.1, 0.15) is 6.92 Å². The first-order chi connectivity index (χ1) is 9.26. The van der Waals surface area contributed by atoms with Gasteiger partial charge in [-0.15, -0.1) is 0 Å². The van der Waals surface area contributed by atoms with Crippen molar-refractivity contribution in [1.29, 1.82) is 0 Å². The smallest absolute Gasteiger partial charge is 0.224 e. The van der Waals surface area contributed by atoms with Crippen LogP contribution in [0.3, 0.4) is 0 Å². The monoisotopic (exact) mass is 258 g/mol. The molecule has 2 rings (SSSR count). The Morgan fingerprint density at radius 2 is 2.05 bits per heavy atom. The predicted molar refractivity (Wildman–Crippen MR) is 77.3 cm³/mol. The lowest BCUT2D eigenvalue weighted by Gasteiger charge is -2.21. The Bertz CT molecular complexity index is 544. The molecule has 0 saturated heterocycles. The third kappa shape index (κ3) is 2.93. The number of ether oxygens (including phenoxy) is 1. The van der Waals surface area contributed by atoms with E-state index in [0.717, 1.165) is 23.8 Å². The lowest BCUT2D eigenvalue weighted by atomic mass is 10.2. The van der Waals surface area contributed by atoms with Crippen LogP contribution in [0.15, 0.2) is 36.5 Å². The fourth-order valence-electron chi connectivity index (χ4n) is 1.81. The summed E-state index contributed by atoms with van der Waals surface area (Å²) < 4.78 is 5.36. The van der Waals surface area contributed by atoms with Crippen LogP contribution >= 0.6 is 0 Å². The molecule has 0 spiro atoms. The van der Waals surface area contributed by atoms with E-state index in [1.807, 2.05) is 49.2 Å². The van der Waals surface area contributed by atoms with Gasteiger partial charge in [-0.05, 0) is 25.1 Å². The van der Waals surface area contributed by atoms with Crippen molar-refractivity contribution in [3.8, 4) is 5.75 Å². The Morgan fingerprint density at radius 3 is 2.79 bits per heavy atom. The molecule has 5 heteroatoms. The van der Waals surface area contributed by atoms with E-state index < -0.39 is 0 Å². The number of methoxy groups -OCH3 is 1. The van der Waals surface area contributed by atoms with Gasteiger partial charge in [-0.2, -0.15) is 4.98 Å². The van der Waals surface area contributed by atoms with E-state index in [4.69, 9.17) is 4.74 Å². The largest absolute Gasteiger partial charge is 0.495 e. The van der Waals surface area contributed by atoms with Crippen molar-refractivity contribution in [2.75, 3.05) is 30.9 Å². The van der Waals surface area contributed by atoms with Crippen molar-refractivity contribution < 1.29 is 4.74 Å². The lowest BCUT2D eigenvalue weighted by molar-refractivity contribution is 0.415. The Labute approximate surface area is 113 Å². The Hall–Kier alpha value is -2.30. The molecule has 19 heavy (non-hydrogen) atoms. The second kappa shape index (κ2) is 6.04. The van der Waals surface area contributed by atoms with E-state index in [1.165, 1.54) is 0 Å². The van der Waals surface area contributed by atoms with Gasteiger partial charge in [0.05, 0.1) is 12.8 Å². The van der Waals surface area contributed by atoms with Gasteiger partial charge in [0.25, 0.3) is 0 Å². The first kappa shape index (κ1) is 13.1. The normalized spacial score (nSPS) is 10.1. The van der Waals surface area contributed by atoms with Gasteiger partial charge in [-0.3, -0.25) is 0 Å². The summed E-state index contributed by atoms with van der Waals surface area (Å²) in [5, 5.41) is 3.10. The summed E-state index contributed by atoms with van der Waals surface area (Å²) in [6.45, 7) is 2.81. The number of aromatic nitrogens is 2. The number of rotatable bonds is 5. The highest BCUT2D eigenvalue weighted by molar-refractivity contribution is 5.66. The Morgan fingerprint density at radius 1 is 1.26 bits per heavy atom. The van der Waals surface area contributed by atoms with E-state index in [-0.39, 0.29) is 0 Å². The number of nitrogens with one attached hydrogen (secondary N) is 1. The van der Waals surface area contributed by atoms with Crippen LogP contribution in [0.25, 0.3) is 0 Å². The quantitative estimate of drug-likeness (QED) is 0.893. The molecule has 0 aliphatic carbocycles. The van der Waals surface area contributed by atoms with Crippen molar-refractivity contribution in [2.45, 2.75) is 6.92 Å². The van der Waals surface area contributed by atoms with E-state index >= 15 is 0 Å². The van der Waals surface area contributed by atoms with Gasteiger partial charge in [0.15, 0.2) is 0 Å². The zero-order valence-electron chi connectivity index (χ0n) is 11.4. The molecule has 0 atom stereocenters. The number of hydrogen-bond donors (Lipinski definition) is 1. The van der Waals surface area contributed by atoms with Gasteiger partial charge in [-0.1, -0.05) is 12.1 Å². The number of nitrogens with zero attached hydrogens (tertiary/aromatic N) is 3. The Balaban J connectivity index is 2.32. The van der Waals surface area contributed by atoms with E-state index in [2.05, 4.69) is 15.3 Å². The van der Waals surface area contributed by atoms with Crippen molar-refractivity contribution in [3.63, 3.8) is 0 Å². The highest BCUT2D eigenvalue weighted by Gasteiger charge is 2.11. The Kier molecular flexibility index (Phi) is 4.18. The maximum absolute atomic E-state index is 5.36. The van der Waals surface area contributed by atoms with Crippen LogP contribution in [-0.4, -0.2) is 30.7 Å². The molecule has 1 aromatic carbocycles. The molecular weight excluding hydrogens is 240 g/mol. The van der Waals surface area contributed by atoms with E-state index in [0.29, 0.717) is 5.95 Å². The molecule has 1 heterocycles. The van der Waals surface area contributed by atoms with Gasteiger partial charge in [0.1, 0.15) is 11.6 Å². The van der Waals surface area contributed by atoms with E-state index in [1.54, 1.807) is 13.3 Å². The summed E-state index contributed by atoms with van der Waals surface area (Å²) in [5.74, 6) is 2.26. The summed E-state index contributed by atoms with van der Waals surface area (Å²) >= 11 is 0. The minimum atomic E-state index is 0.627. The van der Waals surface area contributed by atoms with Crippen LogP contribution in [0.2, 0.25) is 0 Å². The average molecular weight is 258 g/mol. The maximum Gasteiger partial charge on any atom is 0.224 e. The zero-order valence-corrected chi connectivity index (χ0v) is 11.4. The summed E-state index contributed by atoms with van der Waals surface area (Å²) in [4.78, 5) is 10.6. The number of benzene rings is 1. The van der Waals surface area contributed by atoms with Crippen LogP contribution in [0.5, 0.6) is 5.75 Å². The van der Waals surface area contributed by atoms with Crippen LogP contribution in [0, 0.1) is 0 Å². The summed E-state index contributed by atoms with van der Waals surface area (Å²) in [6.07, 6.45) is 1.74. The fraction of sp³-hybridized carbons (Fsp3) is 0.286. The number of anilines is 3. The van der Waals surface area contributed by atoms with Crippen LogP contribution in [0.4, 0.5) is 17.5 Å². The fourth-order valence-corrected chi connectivity index (χ4v) is 1.81. The molecule has 0 amide bonds. The molecule has 0 aliphatic heterocycles. The molecule has 0 unspecified atom stereocenters. The van der Waals surface area contributed by atoms with Gasteiger partial charge >= 0.3 is 0 Å². The lowest BCUT2D eigenvalue weighted by Crippen LogP contribution is -2.13. The summed E-state index contributed by atoms with van der Waals surface area (Å²) in [7, 11) is 3.62. The minimum absolute atomic E-state index is 0.627. The summed E-state index contributed by atoms with van der Waals surface area (Å²) in [6, 6.07) is 9.71. The van der Waals surface area contributed by atoms with Gasteiger partial charge < -0.3 is 15.0 Å². The molecule has 0 radical (unpaired) electrons. The molecule has 1 N–H and O–H groups in total. The van der Waals surface area contributed by atoms with Crippen LogP contribution in [-0.2, 0) is 0 Å². The molecule has 100 valence electrons. The molecule has 0 aliphatic rings. The first-order valence-corrected chi connectivity index (χ1v) is 6.20. The first-order valence-electron chi connectivity index (χ1n) is 6.20. The molecule has 0 bridgehead atoms. The highest BCUT2D eigenvalue weighted by atomic mass is 16.5. The highest BCUT2D eigenvalue weighted by Crippen LogP contribution is 2.31. The molecular formula is C14H18N4O.